The molecule has 3 N–H and O–H groups in total. The number of aromatic nitrogens is 1. The quantitative estimate of drug-likeness (QED) is 0.289. The highest BCUT2D eigenvalue weighted by molar-refractivity contribution is 14.0. The molecule has 0 saturated carbocycles. The number of anilines is 1. The fraction of sp³-hybridized carbons (Fsp3) is 0.200. The van der Waals surface area contributed by atoms with Gasteiger partial charge in [0, 0.05) is 11.8 Å². The topological polar surface area (TPSA) is 72.5 Å². The summed E-state index contributed by atoms with van der Waals surface area (Å²) in [6.07, 6.45) is 1.93. The zero-order chi connectivity index (χ0) is 18.2. The molecule has 142 valence electrons. The number of benzene rings is 2. The molecule has 27 heavy (non-hydrogen) atoms. The Hall–Kier alpha value is -2.13. The van der Waals surface area contributed by atoms with Crippen molar-refractivity contribution in [2.75, 3.05) is 12.4 Å². The Labute approximate surface area is 180 Å². The third-order valence-corrected chi connectivity index (χ3v) is 4.81. The van der Waals surface area contributed by atoms with Gasteiger partial charge in [0.15, 0.2) is 5.96 Å². The highest BCUT2D eigenvalue weighted by Gasteiger charge is 2.05. The Bertz CT molecular complexity index is 867. The van der Waals surface area contributed by atoms with E-state index in [4.69, 9.17) is 10.5 Å². The van der Waals surface area contributed by atoms with Gasteiger partial charge in [-0.15, -0.1) is 35.3 Å². The number of para-hydroxylation sites is 2. The van der Waals surface area contributed by atoms with E-state index in [2.05, 4.69) is 39.6 Å². The first kappa shape index (κ1) is 21.2. The maximum absolute atomic E-state index is 5.98. The van der Waals surface area contributed by atoms with Gasteiger partial charge < -0.3 is 15.8 Å². The first-order valence-corrected chi connectivity index (χ1v) is 9.29. The molecule has 5 nitrogen and oxygen atoms in total. The molecule has 0 saturated heterocycles. The van der Waals surface area contributed by atoms with Crippen molar-refractivity contribution in [1.82, 2.24) is 4.98 Å². The normalized spacial score (nSPS) is 10.9. The van der Waals surface area contributed by atoms with Crippen LogP contribution in [0, 0.1) is 0 Å². The molecule has 1 heterocycles. The molecule has 7 heteroatoms. The maximum atomic E-state index is 5.98. The Morgan fingerprint density at radius 3 is 2.63 bits per heavy atom. The van der Waals surface area contributed by atoms with E-state index in [0.717, 1.165) is 35.0 Å². The summed E-state index contributed by atoms with van der Waals surface area (Å²) in [4.78, 5) is 9.01. The van der Waals surface area contributed by atoms with E-state index in [-0.39, 0.29) is 24.0 Å². The average Bonchev–Trinajstić information content (AvgIpc) is 3.14. The Balaban J connectivity index is 0.00000261. The molecule has 2 aromatic carbocycles. The number of hydrogen-bond acceptors (Lipinski definition) is 4. The van der Waals surface area contributed by atoms with E-state index in [1.807, 2.05) is 35.7 Å². The average molecular weight is 494 g/mol. The van der Waals surface area contributed by atoms with Gasteiger partial charge in [0.05, 0.1) is 30.0 Å². The standard InChI is InChI=1S/C20H22N4OS.HI/c1-25-18-10-6-5-9-17(18)24-20(21)22-13-16-14-26-19(23-16)12-11-15-7-3-2-4-8-15;/h2-10,14H,11-13H2,1H3,(H3,21,22,24);1H. The Morgan fingerprint density at radius 2 is 1.85 bits per heavy atom. The highest BCUT2D eigenvalue weighted by Crippen LogP contribution is 2.22. The molecular weight excluding hydrogens is 471 g/mol. The van der Waals surface area contributed by atoms with Crippen LogP contribution in [0.15, 0.2) is 65.0 Å². The van der Waals surface area contributed by atoms with Crippen molar-refractivity contribution >= 4 is 47.0 Å². The van der Waals surface area contributed by atoms with Gasteiger partial charge in [0.1, 0.15) is 5.75 Å². The number of nitrogens with one attached hydrogen (secondary N) is 1. The first-order valence-electron chi connectivity index (χ1n) is 8.42. The maximum Gasteiger partial charge on any atom is 0.193 e. The zero-order valence-electron chi connectivity index (χ0n) is 15.1. The summed E-state index contributed by atoms with van der Waals surface area (Å²) in [5.74, 6) is 1.07. The number of rotatable bonds is 7. The van der Waals surface area contributed by atoms with Crippen LogP contribution >= 0.6 is 35.3 Å². The number of halogens is 1. The first-order chi connectivity index (χ1) is 12.7. The largest absolute Gasteiger partial charge is 0.495 e. The lowest BCUT2D eigenvalue weighted by Gasteiger charge is -2.09. The van der Waals surface area contributed by atoms with Gasteiger partial charge in [-0.05, 0) is 24.1 Å². The second kappa shape index (κ2) is 10.9. The fourth-order valence-corrected chi connectivity index (χ4v) is 3.31. The molecule has 0 fully saturated rings. The van der Waals surface area contributed by atoms with Gasteiger partial charge in [0.25, 0.3) is 0 Å². The molecule has 0 aliphatic carbocycles. The van der Waals surface area contributed by atoms with Crippen molar-refractivity contribution in [3.8, 4) is 5.75 Å². The molecule has 0 aliphatic heterocycles. The summed E-state index contributed by atoms with van der Waals surface area (Å²) in [7, 11) is 1.63. The van der Waals surface area contributed by atoms with Gasteiger partial charge in [0.2, 0.25) is 0 Å². The van der Waals surface area contributed by atoms with Crippen LogP contribution in [0.1, 0.15) is 16.3 Å². The van der Waals surface area contributed by atoms with Crippen LogP contribution in [0.2, 0.25) is 0 Å². The van der Waals surface area contributed by atoms with E-state index in [1.165, 1.54) is 5.56 Å². The molecule has 3 aromatic rings. The predicted octanol–water partition coefficient (Wildman–Crippen LogP) is 4.48. The van der Waals surface area contributed by atoms with Gasteiger partial charge in [-0.25, -0.2) is 9.98 Å². The van der Waals surface area contributed by atoms with Crippen LogP contribution in [0.25, 0.3) is 0 Å². The van der Waals surface area contributed by atoms with Crippen LogP contribution in [0.5, 0.6) is 5.75 Å². The summed E-state index contributed by atoms with van der Waals surface area (Å²) in [5.41, 5.74) is 9.03. The molecule has 0 atom stereocenters. The SMILES string of the molecule is COc1ccccc1NC(N)=NCc1csc(CCc2ccccc2)n1.I. The molecule has 0 bridgehead atoms. The molecule has 1 aromatic heterocycles. The van der Waals surface area contributed by atoms with Crippen molar-refractivity contribution in [1.29, 1.82) is 0 Å². The van der Waals surface area contributed by atoms with E-state index >= 15 is 0 Å². The van der Waals surface area contributed by atoms with Crippen LogP contribution in [0.4, 0.5) is 5.69 Å². The van der Waals surface area contributed by atoms with Gasteiger partial charge >= 0.3 is 0 Å². The molecule has 0 amide bonds. The van der Waals surface area contributed by atoms with Crippen LogP contribution < -0.4 is 15.8 Å². The second-order valence-corrected chi connectivity index (χ2v) is 6.69. The van der Waals surface area contributed by atoms with Gasteiger partial charge in [-0.1, -0.05) is 42.5 Å². The smallest absolute Gasteiger partial charge is 0.193 e. The number of guanidine groups is 1. The van der Waals surface area contributed by atoms with Crippen molar-refractivity contribution < 1.29 is 4.74 Å². The van der Waals surface area contributed by atoms with Gasteiger partial charge in [-0.2, -0.15) is 0 Å². The minimum absolute atomic E-state index is 0. The molecular formula is C20H23IN4OS. The Morgan fingerprint density at radius 1 is 1.11 bits per heavy atom. The highest BCUT2D eigenvalue weighted by atomic mass is 127. The lowest BCUT2D eigenvalue weighted by atomic mass is 10.1. The summed E-state index contributed by atoms with van der Waals surface area (Å²) < 4.78 is 5.29. The minimum Gasteiger partial charge on any atom is -0.495 e. The van der Waals surface area contributed by atoms with E-state index in [1.54, 1.807) is 18.4 Å². The Kier molecular flexibility index (Phi) is 8.53. The fourth-order valence-electron chi connectivity index (χ4n) is 2.52. The van der Waals surface area contributed by atoms with Crippen molar-refractivity contribution in [2.45, 2.75) is 19.4 Å². The van der Waals surface area contributed by atoms with Crippen molar-refractivity contribution in [2.24, 2.45) is 10.7 Å². The molecule has 0 radical (unpaired) electrons. The lowest BCUT2D eigenvalue weighted by molar-refractivity contribution is 0.417. The number of nitrogens with zero attached hydrogens (tertiary/aromatic N) is 2. The van der Waals surface area contributed by atoms with E-state index < -0.39 is 0 Å². The lowest BCUT2D eigenvalue weighted by Crippen LogP contribution is -2.22. The minimum atomic E-state index is 0. The summed E-state index contributed by atoms with van der Waals surface area (Å²) in [6, 6.07) is 18.0. The predicted molar refractivity (Wildman–Crippen MR) is 123 cm³/mol. The zero-order valence-corrected chi connectivity index (χ0v) is 18.2. The number of aliphatic imine (C=N–C) groups is 1. The van der Waals surface area contributed by atoms with Crippen molar-refractivity contribution in [3.05, 3.63) is 76.2 Å². The molecule has 3 rings (SSSR count). The van der Waals surface area contributed by atoms with Crippen molar-refractivity contribution in [3.63, 3.8) is 0 Å². The molecule has 0 unspecified atom stereocenters. The number of ether oxygens (including phenoxy) is 1. The monoisotopic (exact) mass is 494 g/mol. The second-order valence-electron chi connectivity index (χ2n) is 5.74. The molecule has 0 aliphatic rings. The van der Waals surface area contributed by atoms with Gasteiger partial charge in [-0.3, -0.25) is 0 Å². The number of methoxy groups -OCH3 is 1. The van der Waals surface area contributed by atoms with E-state index in [0.29, 0.717) is 12.5 Å². The third-order valence-electron chi connectivity index (χ3n) is 3.85. The summed E-state index contributed by atoms with van der Waals surface area (Å²) >= 11 is 1.67. The molecule has 0 spiro atoms. The number of thiazole rings is 1. The number of aryl methyl sites for hydroxylation is 2. The van der Waals surface area contributed by atoms with Crippen LogP contribution in [-0.4, -0.2) is 18.1 Å². The summed E-state index contributed by atoms with van der Waals surface area (Å²) in [5, 5.41) is 6.23. The van der Waals surface area contributed by atoms with Crippen LogP contribution in [-0.2, 0) is 19.4 Å². The number of nitrogens with two attached hydrogens (primary N) is 1. The van der Waals surface area contributed by atoms with Crippen LogP contribution in [0.3, 0.4) is 0 Å². The summed E-state index contributed by atoms with van der Waals surface area (Å²) in [6.45, 7) is 0.454. The van der Waals surface area contributed by atoms with E-state index in [9.17, 15) is 0 Å². The third kappa shape index (κ3) is 6.51. The number of hydrogen-bond donors (Lipinski definition) is 2.